The second-order valence-electron chi connectivity index (χ2n) is 8.36. The van der Waals surface area contributed by atoms with E-state index in [2.05, 4.69) is 33.0 Å². The van der Waals surface area contributed by atoms with E-state index in [-0.39, 0.29) is 17.3 Å². The van der Waals surface area contributed by atoms with Crippen molar-refractivity contribution in [1.82, 2.24) is 0 Å². The molecule has 5 heteroatoms. The largest absolute Gasteiger partial charge is 0.465 e. The molecule has 1 aromatic rings. The molecule has 1 N–H and O–H groups in total. The number of amides is 1. The number of thiophene rings is 1. The summed E-state index contributed by atoms with van der Waals surface area (Å²) in [5.74, 6) is 0.256. The summed E-state index contributed by atoms with van der Waals surface area (Å²) in [6, 6.07) is 0. The summed E-state index contributed by atoms with van der Waals surface area (Å²) < 4.78 is 5.01. The average molecular weight is 380 g/mol. The standard InChI is InChI=1S/C21H33NO3S/c1-6-7-8-9-10-17(23)22-19-18(20(24)25-5)15-12-11-14(21(2,3)4)13-16(15)26-19/h14H,6-13H2,1-5H3,(H,22,23). The van der Waals surface area contributed by atoms with Gasteiger partial charge in [-0.05, 0) is 42.6 Å². The van der Waals surface area contributed by atoms with Gasteiger partial charge in [0.2, 0.25) is 5.91 Å². The molecule has 0 radical (unpaired) electrons. The normalized spacial score (nSPS) is 16.9. The van der Waals surface area contributed by atoms with E-state index in [1.807, 2.05) is 0 Å². The summed E-state index contributed by atoms with van der Waals surface area (Å²) in [5, 5.41) is 3.67. The lowest BCUT2D eigenvalue weighted by Crippen LogP contribution is -2.26. The predicted molar refractivity (Wildman–Crippen MR) is 108 cm³/mol. The van der Waals surface area contributed by atoms with Crippen LogP contribution in [0.5, 0.6) is 0 Å². The number of fused-ring (bicyclic) bond motifs is 1. The lowest BCUT2D eigenvalue weighted by atomic mass is 9.72. The highest BCUT2D eigenvalue weighted by molar-refractivity contribution is 7.17. The van der Waals surface area contributed by atoms with Crippen molar-refractivity contribution in [2.24, 2.45) is 11.3 Å². The molecule has 1 unspecified atom stereocenters. The second kappa shape index (κ2) is 9.03. The highest BCUT2D eigenvalue weighted by atomic mass is 32.1. The van der Waals surface area contributed by atoms with E-state index in [9.17, 15) is 9.59 Å². The first-order valence-corrected chi connectivity index (χ1v) is 10.6. The molecule has 1 aromatic heterocycles. The summed E-state index contributed by atoms with van der Waals surface area (Å²) in [4.78, 5) is 25.9. The van der Waals surface area contributed by atoms with Gasteiger partial charge in [0.15, 0.2) is 0 Å². The fraction of sp³-hybridized carbons (Fsp3) is 0.714. The smallest absolute Gasteiger partial charge is 0.341 e. The number of unbranched alkanes of at least 4 members (excludes halogenated alkanes) is 3. The molecule has 2 rings (SSSR count). The van der Waals surface area contributed by atoms with Crippen molar-refractivity contribution < 1.29 is 14.3 Å². The minimum Gasteiger partial charge on any atom is -0.465 e. The molecule has 0 saturated heterocycles. The van der Waals surface area contributed by atoms with Crippen molar-refractivity contribution in [2.45, 2.75) is 79.1 Å². The van der Waals surface area contributed by atoms with Crippen LogP contribution in [0.1, 0.15) is 87.0 Å². The Labute approximate surface area is 161 Å². The number of hydrogen-bond donors (Lipinski definition) is 1. The van der Waals surface area contributed by atoms with E-state index in [0.717, 1.165) is 50.5 Å². The summed E-state index contributed by atoms with van der Waals surface area (Å²) in [6.07, 6.45) is 7.70. The Kier molecular flexibility index (Phi) is 7.27. The van der Waals surface area contributed by atoms with Crippen molar-refractivity contribution >= 4 is 28.2 Å². The Morgan fingerprint density at radius 1 is 1.23 bits per heavy atom. The van der Waals surface area contributed by atoms with Gasteiger partial charge in [-0.1, -0.05) is 47.0 Å². The summed E-state index contributed by atoms with van der Waals surface area (Å²) in [6.45, 7) is 8.98. The predicted octanol–water partition coefficient (Wildman–Crippen LogP) is 5.59. The first-order chi connectivity index (χ1) is 12.3. The highest BCUT2D eigenvalue weighted by Crippen LogP contribution is 2.44. The molecule has 4 nitrogen and oxygen atoms in total. The van der Waals surface area contributed by atoms with Crippen LogP contribution in [0.3, 0.4) is 0 Å². The van der Waals surface area contributed by atoms with Crippen LogP contribution < -0.4 is 5.32 Å². The van der Waals surface area contributed by atoms with Gasteiger partial charge in [0, 0.05) is 11.3 Å². The van der Waals surface area contributed by atoms with E-state index in [0.29, 0.717) is 22.9 Å². The minimum absolute atomic E-state index is 0.00257. The molecule has 26 heavy (non-hydrogen) atoms. The number of esters is 1. The maximum atomic E-state index is 12.4. The molecule has 0 saturated carbocycles. The number of methoxy groups -OCH3 is 1. The van der Waals surface area contributed by atoms with Crippen LogP contribution in [0.4, 0.5) is 5.00 Å². The average Bonchev–Trinajstić information content (AvgIpc) is 2.94. The lowest BCUT2D eigenvalue weighted by Gasteiger charge is -2.33. The van der Waals surface area contributed by atoms with E-state index >= 15 is 0 Å². The number of anilines is 1. The van der Waals surface area contributed by atoms with Crippen molar-refractivity contribution in [2.75, 3.05) is 12.4 Å². The molecule has 1 aliphatic rings. The third kappa shape index (κ3) is 5.09. The molecule has 0 fully saturated rings. The second-order valence-corrected chi connectivity index (χ2v) is 9.47. The fourth-order valence-electron chi connectivity index (χ4n) is 3.63. The first kappa shape index (κ1) is 20.9. The number of carbonyl (C=O) groups is 2. The summed E-state index contributed by atoms with van der Waals surface area (Å²) in [7, 11) is 1.41. The summed E-state index contributed by atoms with van der Waals surface area (Å²) in [5.41, 5.74) is 1.92. The van der Waals surface area contributed by atoms with Crippen LogP contribution in [-0.2, 0) is 22.4 Å². The van der Waals surface area contributed by atoms with Gasteiger partial charge in [0.1, 0.15) is 5.00 Å². The quantitative estimate of drug-likeness (QED) is 0.496. The van der Waals surface area contributed by atoms with Gasteiger partial charge in [-0.15, -0.1) is 11.3 Å². The number of hydrogen-bond acceptors (Lipinski definition) is 4. The van der Waals surface area contributed by atoms with Crippen molar-refractivity contribution in [3.8, 4) is 0 Å². The lowest BCUT2D eigenvalue weighted by molar-refractivity contribution is -0.116. The molecule has 1 aliphatic carbocycles. The zero-order valence-corrected chi connectivity index (χ0v) is 17.7. The van der Waals surface area contributed by atoms with Gasteiger partial charge in [-0.25, -0.2) is 4.79 Å². The number of rotatable bonds is 7. The minimum atomic E-state index is -0.335. The van der Waals surface area contributed by atoms with E-state index < -0.39 is 0 Å². The molecule has 1 amide bonds. The number of ether oxygens (including phenoxy) is 1. The van der Waals surface area contributed by atoms with Gasteiger partial charge in [0.05, 0.1) is 12.7 Å². The van der Waals surface area contributed by atoms with E-state index in [1.165, 1.54) is 12.0 Å². The van der Waals surface area contributed by atoms with Crippen LogP contribution in [-0.4, -0.2) is 19.0 Å². The fourth-order valence-corrected chi connectivity index (χ4v) is 4.96. The Hall–Kier alpha value is -1.36. The van der Waals surface area contributed by atoms with E-state index in [4.69, 9.17) is 4.74 Å². The van der Waals surface area contributed by atoms with Gasteiger partial charge in [-0.3, -0.25) is 4.79 Å². The van der Waals surface area contributed by atoms with Gasteiger partial charge >= 0.3 is 5.97 Å². The van der Waals surface area contributed by atoms with Crippen LogP contribution in [0.15, 0.2) is 0 Å². The molecular weight excluding hydrogens is 346 g/mol. The van der Waals surface area contributed by atoms with Crippen molar-refractivity contribution in [3.05, 3.63) is 16.0 Å². The van der Waals surface area contributed by atoms with E-state index in [1.54, 1.807) is 11.3 Å². The maximum absolute atomic E-state index is 12.4. The molecule has 0 spiro atoms. The molecule has 0 aromatic carbocycles. The Balaban J connectivity index is 2.17. The third-order valence-corrected chi connectivity index (χ3v) is 6.56. The highest BCUT2D eigenvalue weighted by Gasteiger charge is 2.34. The first-order valence-electron chi connectivity index (χ1n) is 9.80. The Bertz CT molecular complexity index is 642. The zero-order valence-electron chi connectivity index (χ0n) is 16.9. The maximum Gasteiger partial charge on any atom is 0.341 e. The third-order valence-electron chi connectivity index (χ3n) is 5.39. The Morgan fingerprint density at radius 2 is 1.96 bits per heavy atom. The van der Waals surface area contributed by atoms with Crippen LogP contribution >= 0.6 is 11.3 Å². The van der Waals surface area contributed by atoms with Crippen LogP contribution in [0.25, 0.3) is 0 Å². The van der Waals surface area contributed by atoms with Gasteiger partial charge < -0.3 is 10.1 Å². The van der Waals surface area contributed by atoms with Gasteiger partial charge in [-0.2, -0.15) is 0 Å². The molecular formula is C21H33NO3S. The van der Waals surface area contributed by atoms with Crippen molar-refractivity contribution in [3.63, 3.8) is 0 Å². The molecule has 1 heterocycles. The summed E-state index contributed by atoms with van der Waals surface area (Å²) >= 11 is 1.56. The van der Waals surface area contributed by atoms with Crippen LogP contribution in [0.2, 0.25) is 0 Å². The molecule has 1 atom stereocenters. The topological polar surface area (TPSA) is 55.4 Å². The number of carbonyl (C=O) groups excluding carboxylic acids is 2. The zero-order chi connectivity index (χ0) is 19.3. The molecule has 0 bridgehead atoms. The van der Waals surface area contributed by atoms with Gasteiger partial charge in [0.25, 0.3) is 0 Å². The Morgan fingerprint density at radius 3 is 2.58 bits per heavy atom. The van der Waals surface area contributed by atoms with Crippen LogP contribution in [0, 0.1) is 11.3 Å². The van der Waals surface area contributed by atoms with Crippen molar-refractivity contribution in [1.29, 1.82) is 0 Å². The molecule has 0 aliphatic heterocycles. The number of nitrogens with one attached hydrogen (secondary N) is 1. The monoisotopic (exact) mass is 379 g/mol. The SMILES string of the molecule is CCCCCCC(=O)Nc1sc2c(c1C(=O)OC)CCC(C(C)(C)C)C2. The molecule has 146 valence electrons.